The van der Waals surface area contributed by atoms with Gasteiger partial charge in [0.15, 0.2) is 0 Å². The molecule has 0 radical (unpaired) electrons. The second-order valence-corrected chi connectivity index (χ2v) is 5.55. The number of para-hydroxylation sites is 1. The van der Waals surface area contributed by atoms with Gasteiger partial charge in [-0.3, -0.25) is 10.2 Å². The molecule has 0 bridgehead atoms. The molecular formula is C14H16N10O. The van der Waals surface area contributed by atoms with E-state index in [1.165, 1.54) is 17.3 Å². The number of carbonyl (C=O) groups excluding carboxylic acids is 1. The van der Waals surface area contributed by atoms with Gasteiger partial charge in [-0.1, -0.05) is 18.2 Å². The van der Waals surface area contributed by atoms with Crippen molar-refractivity contribution in [1.29, 1.82) is 0 Å². The van der Waals surface area contributed by atoms with Crippen LogP contribution in [-0.4, -0.2) is 47.4 Å². The molecule has 3 N–H and O–H groups in total. The van der Waals surface area contributed by atoms with E-state index in [0.717, 1.165) is 11.3 Å². The van der Waals surface area contributed by atoms with Crippen LogP contribution in [0, 0.1) is 5.92 Å². The van der Waals surface area contributed by atoms with E-state index in [4.69, 9.17) is 0 Å². The van der Waals surface area contributed by atoms with Crippen LogP contribution in [0.3, 0.4) is 0 Å². The lowest BCUT2D eigenvalue weighted by molar-refractivity contribution is -0.125. The quantitative estimate of drug-likeness (QED) is 0.528. The summed E-state index contributed by atoms with van der Waals surface area (Å²) in [6.07, 6.45) is 4.24. The molecule has 1 fully saturated rings. The first-order valence-electron chi connectivity index (χ1n) is 7.74. The van der Waals surface area contributed by atoms with Gasteiger partial charge in [0, 0.05) is 13.1 Å². The monoisotopic (exact) mass is 340 g/mol. The fourth-order valence-corrected chi connectivity index (χ4v) is 2.80. The number of nitrogens with zero attached hydrogens (tertiary/aromatic N) is 7. The van der Waals surface area contributed by atoms with Crippen LogP contribution in [0.2, 0.25) is 0 Å². The minimum atomic E-state index is -0.333. The molecule has 3 heterocycles. The SMILES string of the molecule is O=C(NCc1ccccc1-n1cncn1)C1CNNC1n1cnnn1. The molecule has 0 saturated carbocycles. The summed E-state index contributed by atoms with van der Waals surface area (Å²) >= 11 is 0. The highest BCUT2D eigenvalue weighted by atomic mass is 16.2. The zero-order chi connectivity index (χ0) is 17.1. The van der Waals surface area contributed by atoms with Gasteiger partial charge in [-0.05, 0) is 22.1 Å². The Balaban J connectivity index is 1.46. The zero-order valence-electron chi connectivity index (χ0n) is 13.1. The zero-order valence-corrected chi connectivity index (χ0v) is 13.1. The normalized spacial score (nSPS) is 19.8. The number of hydrazine groups is 1. The summed E-state index contributed by atoms with van der Waals surface area (Å²) in [7, 11) is 0. The molecule has 25 heavy (non-hydrogen) atoms. The fourth-order valence-electron chi connectivity index (χ4n) is 2.80. The summed E-state index contributed by atoms with van der Waals surface area (Å²) < 4.78 is 3.19. The molecule has 2 unspecified atom stereocenters. The van der Waals surface area contributed by atoms with Crippen LogP contribution >= 0.6 is 0 Å². The van der Waals surface area contributed by atoms with Gasteiger partial charge in [0.1, 0.15) is 25.1 Å². The minimum Gasteiger partial charge on any atom is -0.352 e. The first kappa shape index (κ1) is 15.4. The molecule has 4 rings (SSSR count). The third kappa shape index (κ3) is 3.09. The number of carbonyl (C=O) groups is 1. The van der Waals surface area contributed by atoms with Crippen LogP contribution in [0.5, 0.6) is 0 Å². The van der Waals surface area contributed by atoms with Crippen molar-refractivity contribution in [3.63, 3.8) is 0 Å². The lowest BCUT2D eigenvalue weighted by atomic mass is 10.1. The topological polar surface area (TPSA) is 127 Å². The van der Waals surface area contributed by atoms with Gasteiger partial charge in [0.05, 0.1) is 11.6 Å². The molecule has 11 heteroatoms. The Morgan fingerprint density at radius 2 is 2.24 bits per heavy atom. The number of hydrogen-bond donors (Lipinski definition) is 3. The van der Waals surface area contributed by atoms with Crippen LogP contribution in [-0.2, 0) is 11.3 Å². The van der Waals surface area contributed by atoms with Crippen LogP contribution in [0.1, 0.15) is 11.7 Å². The standard InChI is InChI=1S/C14H16N10O/c25-14(11-6-17-20-13(11)24-9-18-21-22-24)16-5-10-3-1-2-4-12(10)23-8-15-7-19-23/h1-4,7-9,11,13,17,20H,5-6H2,(H,16,25). The highest BCUT2D eigenvalue weighted by molar-refractivity contribution is 5.79. The Kier molecular flexibility index (Phi) is 4.14. The lowest BCUT2D eigenvalue weighted by Crippen LogP contribution is -2.37. The first-order valence-corrected chi connectivity index (χ1v) is 7.74. The first-order chi connectivity index (χ1) is 12.3. The van der Waals surface area contributed by atoms with E-state index in [2.05, 4.69) is 41.8 Å². The molecule has 3 aromatic rings. The van der Waals surface area contributed by atoms with Gasteiger partial charge in [0.25, 0.3) is 0 Å². The average Bonchev–Trinajstić information content (AvgIpc) is 3.41. The largest absolute Gasteiger partial charge is 0.352 e. The Morgan fingerprint density at radius 1 is 1.32 bits per heavy atom. The van der Waals surface area contributed by atoms with Gasteiger partial charge in [-0.2, -0.15) is 5.10 Å². The van der Waals surface area contributed by atoms with Gasteiger partial charge in [-0.15, -0.1) is 5.10 Å². The van der Waals surface area contributed by atoms with E-state index in [1.807, 2.05) is 24.3 Å². The van der Waals surface area contributed by atoms with Crippen molar-refractivity contribution in [2.75, 3.05) is 6.54 Å². The van der Waals surface area contributed by atoms with Crippen molar-refractivity contribution in [3.05, 3.63) is 48.8 Å². The summed E-state index contributed by atoms with van der Waals surface area (Å²) in [6.45, 7) is 0.870. The van der Waals surface area contributed by atoms with Gasteiger partial charge in [-0.25, -0.2) is 19.8 Å². The van der Waals surface area contributed by atoms with E-state index in [-0.39, 0.29) is 18.0 Å². The second kappa shape index (κ2) is 6.75. The van der Waals surface area contributed by atoms with E-state index in [0.29, 0.717) is 13.1 Å². The predicted octanol–water partition coefficient (Wildman–Crippen LogP) is -1.21. The molecular weight excluding hydrogens is 324 g/mol. The van der Waals surface area contributed by atoms with Gasteiger partial charge >= 0.3 is 0 Å². The van der Waals surface area contributed by atoms with E-state index in [9.17, 15) is 4.79 Å². The van der Waals surface area contributed by atoms with E-state index >= 15 is 0 Å². The molecule has 11 nitrogen and oxygen atoms in total. The summed E-state index contributed by atoms with van der Waals surface area (Å²) in [5.74, 6) is -0.423. The summed E-state index contributed by atoms with van der Waals surface area (Å²) in [5, 5.41) is 18.2. The molecule has 1 aliphatic heterocycles. The molecule has 1 amide bonds. The molecule has 0 spiro atoms. The molecule has 2 atom stereocenters. The molecule has 2 aromatic heterocycles. The highest BCUT2D eigenvalue weighted by Gasteiger charge is 2.34. The fraction of sp³-hybridized carbons (Fsp3) is 0.286. The molecule has 1 aliphatic rings. The summed E-state index contributed by atoms with van der Waals surface area (Å²) in [4.78, 5) is 16.6. The smallest absolute Gasteiger partial charge is 0.228 e. The van der Waals surface area contributed by atoms with Crippen LogP contribution < -0.4 is 16.2 Å². The summed E-state index contributed by atoms with van der Waals surface area (Å²) in [5.41, 5.74) is 7.80. The third-order valence-electron chi connectivity index (χ3n) is 4.05. The maximum atomic E-state index is 12.6. The molecule has 128 valence electrons. The van der Waals surface area contributed by atoms with Gasteiger partial charge < -0.3 is 5.32 Å². The Morgan fingerprint density at radius 3 is 3.04 bits per heavy atom. The van der Waals surface area contributed by atoms with E-state index < -0.39 is 0 Å². The van der Waals surface area contributed by atoms with Crippen molar-refractivity contribution in [2.24, 2.45) is 5.92 Å². The minimum absolute atomic E-state index is 0.0913. The third-order valence-corrected chi connectivity index (χ3v) is 4.05. The van der Waals surface area contributed by atoms with Crippen molar-refractivity contribution in [2.45, 2.75) is 12.7 Å². The Bertz CT molecular complexity index is 831. The predicted molar refractivity (Wildman–Crippen MR) is 84.7 cm³/mol. The number of nitrogens with one attached hydrogen (secondary N) is 3. The second-order valence-electron chi connectivity index (χ2n) is 5.55. The van der Waals surface area contributed by atoms with Crippen molar-refractivity contribution in [1.82, 2.24) is 51.1 Å². The lowest BCUT2D eigenvalue weighted by Gasteiger charge is -2.18. The number of rotatable bonds is 5. The van der Waals surface area contributed by atoms with E-state index in [1.54, 1.807) is 11.0 Å². The Labute approximate surface area is 142 Å². The Hall–Kier alpha value is -3.18. The number of benzene rings is 1. The number of hydrogen-bond acceptors (Lipinski definition) is 8. The van der Waals surface area contributed by atoms with Crippen molar-refractivity contribution in [3.8, 4) is 5.69 Å². The van der Waals surface area contributed by atoms with Crippen molar-refractivity contribution < 1.29 is 4.79 Å². The molecule has 1 aromatic carbocycles. The molecule has 1 saturated heterocycles. The van der Waals surface area contributed by atoms with Gasteiger partial charge in [0.2, 0.25) is 5.91 Å². The maximum Gasteiger partial charge on any atom is 0.228 e. The van der Waals surface area contributed by atoms with Crippen LogP contribution in [0.4, 0.5) is 0 Å². The number of tetrazole rings is 1. The average molecular weight is 340 g/mol. The number of aromatic nitrogens is 7. The summed E-state index contributed by atoms with van der Waals surface area (Å²) in [6, 6.07) is 7.71. The van der Waals surface area contributed by atoms with Crippen molar-refractivity contribution >= 4 is 5.91 Å². The maximum absolute atomic E-state index is 12.6. The molecule has 0 aliphatic carbocycles. The number of amides is 1. The highest BCUT2D eigenvalue weighted by Crippen LogP contribution is 2.18. The van der Waals surface area contributed by atoms with Crippen LogP contribution in [0.25, 0.3) is 5.69 Å². The van der Waals surface area contributed by atoms with Crippen LogP contribution in [0.15, 0.2) is 43.2 Å².